The van der Waals surface area contributed by atoms with Crippen LogP contribution >= 0.6 is 0 Å². The summed E-state index contributed by atoms with van der Waals surface area (Å²) in [6.07, 6.45) is 0.799. The molecule has 0 bridgehead atoms. The number of carbonyl (C=O) groups is 1. The molecule has 1 N–H and O–H groups in total. The predicted molar refractivity (Wildman–Crippen MR) is 126 cm³/mol. The molecule has 0 saturated carbocycles. The molecule has 3 rings (SSSR count). The lowest BCUT2D eigenvalue weighted by molar-refractivity contribution is 0.0696. The molecule has 0 spiro atoms. The third-order valence-electron chi connectivity index (χ3n) is 5.33. The highest BCUT2D eigenvalue weighted by atomic mass is 32.2. The monoisotopic (exact) mass is 455 g/mol. The van der Waals surface area contributed by atoms with Crippen molar-refractivity contribution in [1.29, 1.82) is 0 Å². The SMILES string of the molecule is CCCN(c1cc(C)c(C)cc1OCc1ccc(C(=O)O)cc1C)S(=O)c1ccc(C)o1. The summed E-state index contributed by atoms with van der Waals surface area (Å²) in [5, 5.41) is 9.59. The van der Waals surface area contributed by atoms with Crippen LogP contribution in [0.5, 0.6) is 5.75 Å². The number of ether oxygens (including phenoxy) is 1. The lowest BCUT2D eigenvalue weighted by Gasteiger charge is -2.25. The number of hydrogen-bond donors (Lipinski definition) is 1. The highest BCUT2D eigenvalue weighted by molar-refractivity contribution is 7.86. The molecule has 1 unspecified atom stereocenters. The number of carboxylic acids is 1. The van der Waals surface area contributed by atoms with Crippen LogP contribution in [0.4, 0.5) is 5.69 Å². The third-order valence-corrected chi connectivity index (χ3v) is 6.67. The average molecular weight is 456 g/mol. The fourth-order valence-corrected chi connectivity index (χ4v) is 4.62. The summed E-state index contributed by atoms with van der Waals surface area (Å²) >= 11 is 0. The number of carboxylic acid groups (broad SMARTS) is 1. The lowest BCUT2D eigenvalue weighted by atomic mass is 10.1. The second-order valence-electron chi connectivity index (χ2n) is 7.86. The van der Waals surface area contributed by atoms with Gasteiger partial charge in [0, 0.05) is 6.54 Å². The quantitative estimate of drug-likeness (QED) is 0.446. The van der Waals surface area contributed by atoms with E-state index >= 15 is 0 Å². The Morgan fingerprint density at radius 3 is 2.34 bits per heavy atom. The Bertz CT molecular complexity index is 1150. The van der Waals surface area contributed by atoms with Gasteiger partial charge in [0.15, 0.2) is 11.0 Å². The van der Waals surface area contributed by atoms with Crippen LogP contribution in [-0.2, 0) is 17.6 Å². The zero-order valence-electron chi connectivity index (χ0n) is 19.1. The molecule has 32 heavy (non-hydrogen) atoms. The molecule has 170 valence electrons. The van der Waals surface area contributed by atoms with Crippen molar-refractivity contribution in [3.8, 4) is 5.75 Å². The number of hydrogen-bond acceptors (Lipinski definition) is 4. The van der Waals surface area contributed by atoms with E-state index in [2.05, 4.69) is 0 Å². The molecule has 1 aromatic heterocycles. The summed E-state index contributed by atoms with van der Waals surface area (Å²) in [5.41, 5.74) is 4.86. The first kappa shape index (κ1) is 23.6. The summed E-state index contributed by atoms with van der Waals surface area (Å²) in [6.45, 7) is 10.6. The van der Waals surface area contributed by atoms with Crippen LogP contribution in [0.25, 0.3) is 0 Å². The predicted octanol–water partition coefficient (Wildman–Crippen LogP) is 5.73. The molecule has 0 amide bonds. The van der Waals surface area contributed by atoms with Crippen molar-refractivity contribution in [3.63, 3.8) is 0 Å². The van der Waals surface area contributed by atoms with Gasteiger partial charge in [0.25, 0.3) is 0 Å². The molecular weight excluding hydrogens is 426 g/mol. The first-order chi connectivity index (χ1) is 15.2. The van der Waals surface area contributed by atoms with Crippen molar-refractivity contribution < 1.29 is 23.3 Å². The zero-order valence-corrected chi connectivity index (χ0v) is 19.9. The normalized spacial score (nSPS) is 11.9. The molecule has 0 aliphatic rings. The van der Waals surface area contributed by atoms with Crippen molar-refractivity contribution in [3.05, 3.63) is 76.0 Å². The third kappa shape index (κ3) is 5.22. The Morgan fingerprint density at radius 2 is 1.75 bits per heavy atom. The van der Waals surface area contributed by atoms with E-state index in [4.69, 9.17) is 9.15 Å². The maximum absolute atomic E-state index is 13.4. The van der Waals surface area contributed by atoms with Crippen LogP contribution in [0.3, 0.4) is 0 Å². The molecule has 0 radical (unpaired) electrons. The number of aromatic carboxylic acids is 1. The molecule has 3 aromatic rings. The van der Waals surface area contributed by atoms with Gasteiger partial charge in [-0.25, -0.2) is 9.00 Å². The zero-order chi connectivity index (χ0) is 23.4. The first-order valence-corrected chi connectivity index (χ1v) is 11.6. The molecule has 0 aliphatic heterocycles. The topological polar surface area (TPSA) is 80.0 Å². The van der Waals surface area contributed by atoms with Crippen molar-refractivity contribution in [2.24, 2.45) is 0 Å². The minimum atomic E-state index is -1.52. The minimum absolute atomic E-state index is 0.247. The maximum atomic E-state index is 13.4. The average Bonchev–Trinajstić information content (AvgIpc) is 3.19. The maximum Gasteiger partial charge on any atom is 0.335 e. The summed E-state index contributed by atoms with van der Waals surface area (Å²) in [7, 11) is -1.52. The summed E-state index contributed by atoms with van der Waals surface area (Å²) < 4.78 is 27.0. The summed E-state index contributed by atoms with van der Waals surface area (Å²) in [5.74, 6) is 0.379. The Morgan fingerprint density at radius 1 is 1.03 bits per heavy atom. The number of aryl methyl sites for hydroxylation is 4. The lowest BCUT2D eigenvalue weighted by Crippen LogP contribution is -2.27. The van der Waals surface area contributed by atoms with E-state index in [1.165, 1.54) is 0 Å². The van der Waals surface area contributed by atoms with Crippen molar-refractivity contribution >= 4 is 22.6 Å². The molecule has 1 heterocycles. The van der Waals surface area contributed by atoms with Gasteiger partial charge in [-0.05, 0) is 92.8 Å². The van der Waals surface area contributed by atoms with Gasteiger partial charge in [0.1, 0.15) is 18.1 Å². The highest BCUT2D eigenvalue weighted by Crippen LogP contribution is 2.35. The largest absolute Gasteiger partial charge is 0.487 e. The van der Waals surface area contributed by atoms with E-state index < -0.39 is 17.0 Å². The van der Waals surface area contributed by atoms with Crippen LogP contribution in [0.2, 0.25) is 0 Å². The molecule has 1 atom stereocenters. The van der Waals surface area contributed by atoms with E-state index in [-0.39, 0.29) is 12.2 Å². The second-order valence-corrected chi connectivity index (χ2v) is 9.20. The Labute approximate surface area is 191 Å². The van der Waals surface area contributed by atoms with Crippen LogP contribution in [-0.4, -0.2) is 21.8 Å². The summed E-state index contributed by atoms with van der Waals surface area (Å²) in [6, 6.07) is 12.5. The van der Waals surface area contributed by atoms with E-state index in [0.717, 1.165) is 34.4 Å². The van der Waals surface area contributed by atoms with E-state index in [0.29, 0.717) is 23.1 Å². The standard InChI is InChI=1S/C25H29NO5S/c1-6-11-26(32(29)24-10-7-19(5)31-24)22-13-16(2)17(3)14-23(22)30-15-21-9-8-20(25(27)28)12-18(21)4/h7-10,12-14H,6,11,15H2,1-5H3,(H,27,28). The molecule has 0 saturated heterocycles. The number of rotatable bonds is 9. The molecule has 0 aliphatic carbocycles. The number of benzene rings is 2. The van der Waals surface area contributed by atoms with Gasteiger partial charge in [-0.1, -0.05) is 13.0 Å². The molecule has 6 nitrogen and oxygen atoms in total. The Balaban J connectivity index is 1.95. The molecule has 2 aromatic carbocycles. The van der Waals surface area contributed by atoms with E-state index in [1.807, 2.05) is 46.8 Å². The number of nitrogens with zero attached hydrogens (tertiary/aromatic N) is 1. The first-order valence-electron chi connectivity index (χ1n) is 10.5. The van der Waals surface area contributed by atoms with Gasteiger partial charge in [-0.15, -0.1) is 0 Å². The fraction of sp³-hybridized carbons (Fsp3) is 0.320. The summed E-state index contributed by atoms with van der Waals surface area (Å²) in [4.78, 5) is 11.2. The Kier molecular flexibility index (Phi) is 7.40. The van der Waals surface area contributed by atoms with Gasteiger partial charge in [-0.3, -0.25) is 4.31 Å². The highest BCUT2D eigenvalue weighted by Gasteiger charge is 2.23. The van der Waals surface area contributed by atoms with Gasteiger partial charge in [0.2, 0.25) is 5.09 Å². The van der Waals surface area contributed by atoms with Crippen LogP contribution in [0.15, 0.2) is 52.0 Å². The van der Waals surface area contributed by atoms with Crippen molar-refractivity contribution in [1.82, 2.24) is 0 Å². The minimum Gasteiger partial charge on any atom is -0.487 e. The number of furan rings is 1. The molecular formula is C25H29NO5S. The van der Waals surface area contributed by atoms with Gasteiger partial charge in [-0.2, -0.15) is 0 Å². The number of anilines is 1. The molecule has 0 fully saturated rings. The molecule has 7 heteroatoms. The van der Waals surface area contributed by atoms with Crippen LogP contribution in [0.1, 0.15) is 51.7 Å². The van der Waals surface area contributed by atoms with Crippen LogP contribution in [0, 0.1) is 27.7 Å². The van der Waals surface area contributed by atoms with E-state index in [1.54, 1.807) is 34.6 Å². The van der Waals surface area contributed by atoms with Crippen molar-refractivity contribution in [2.45, 2.75) is 52.7 Å². The van der Waals surface area contributed by atoms with Gasteiger partial charge >= 0.3 is 5.97 Å². The van der Waals surface area contributed by atoms with E-state index in [9.17, 15) is 14.1 Å². The van der Waals surface area contributed by atoms with Gasteiger partial charge < -0.3 is 14.3 Å². The smallest absolute Gasteiger partial charge is 0.335 e. The Hall–Kier alpha value is -3.06. The van der Waals surface area contributed by atoms with Crippen molar-refractivity contribution in [2.75, 3.05) is 10.8 Å². The van der Waals surface area contributed by atoms with Gasteiger partial charge in [0.05, 0.1) is 11.3 Å². The second kappa shape index (κ2) is 10.0. The van der Waals surface area contributed by atoms with Crippen LogP contribution < -0.4 is 9.04 Å². The fourth-order valence-electron chi connectivity index (χ4n) is 3.34.